The Morgan fingerprint density at radius 2 is 2.35 bits per heavy atom. The van der Waals surface area contributed by atoms with Crippen LogP contribution >= 0.6 is 0 Å². The second-order valence-corrected chi connectivity index (χ2v) is 4.44. The number of hydrogen-bond acceptors (Lipinski definition) is 3. The topological polar surface area (TPSA) is 50.3 Å². The summed E-state index contributed by atoms with van der Waals surface area (Å²) in [5.74, 6) is 0.128. The van der Waals surface area contributed by atoms with Gasteiger partial charge in [0, 0.05) is 31.4 Å². The number of amides is 1. The fourth-order valence-electron chi connectivity index (χ4n) is 2.30. The zero-order chi connectivity index (χ0) is 12.3. The van der Waals surface area contributed by atoms with Gasteiger partial charge in [-0.1, -0.05) is 0 Å². The van der Waals surface area contributed by atoms with Gasteiger partial charge in [-0.2, -0.15) is 0 Å². The van der Waals surface area contributed by atoms with E-state index < -0.39 is 0 Å². The van der Waals surface area contributed by atoms with Crippen molar-refractivity contribution in [1.82, 2.24) is 9.88 Å². The largest absolute Gasteiger partial charge is 0.335 e. The average molecular weight is 232 g/mol. The number of Topliss-reactive ketones (excluding diaryl/α,β-unsaturated/α-hetero) is 1. The number of pyridine rings is 1. The van der Waals surface area contributed by atoms with Gasteiger partial charge in [0.2, 0.25) is 0 Å². The van der Waals surface area contributed by atoms with E-state index in [9.17, 15) is 9.59 Å². The highest BCUT2D eigenvalue weighted by atomic mass is 16.2. The van der Waals surface area contributed by atoms with Gasteiger partial charge in [-0.25, -0.2) is 0 Å². The van der Waals surface area contributed by atoms with E-state index in [0.29, 0.717) is 12.0 Å². The number of nitrogens with zero attached hydrogens (tertiary/aromatic N) is 2. The molecule has 1 saturated heterocycles. The summed E-state index contributed by atoms with van der Waals surface area (Å²) in [6, 6.07) is 3.59. The number of ketones is 1. The summed E-state index contributed by atoms with van der Waals surface area (Å²) in [4.78, 5) is 29.1. The lowest BCUT2D eigenvalue weighted by atomic mass is 10.1. The Balaban J connectivity index is 2.11. The van der Waals surface area contributed by atoms with Crippen molar-refractivity contribution < 1.29 is 9.59 Å². The number of rotatable bonds is 3. The first-order valence-electron chi connectivity index (χ1n) is 5.89. The second-order valence-electron chi connectivity index (χ2n) is 4.44. The summed E-state index contributed by atoms with van der Waals surface area (Å²) in [7, 11) is 0. The van der Waals surface area contributed by atoms with E-state index in [2.05, 4.69) is 4.98 Å². The molecule has 0 aromatic carbocycles. The van der Waals surface area contributed by atoms with Gasteiger partial charge in [-0.15, -0.1) is 0 Å². The minimum absolute atomic E-state index is 0.0122. The summed E-state index contributed by atoms with van der Waals surface area (Å²) < 4.78 is 0. The van der Waals surface area contributed by atoms with Crippen LogP contribution in [0.15, 0.2) is 24.5 Å². The Kier molecular flexibility index (Phi) is 3.52. The van der Waals surface area contributed by atoms with Gasteiger partial charge in [-0.3, -0.25) is 14.6 Å². The quantitative estimate of drug-likeness (QED) is 0.796. The first-order valence-corrected chi connectivity index (χ1v) is 5.89. The molecule has 1 atom stereocenters. The molecule has 0 N–H and O–H groups in total. The van der Waals surface area contributed by atoms with Crippen LogP contribution in [0.1, 0.15) is 36.5 Å². The van der Waals surface area contributed by atoms with Crippen molar-refractivity contribution in [2.75, 3.05) is 6.54 Å². The van der Waals surface area contributed by atoms with Gasteiger partial charge < -0.3 is 4.90 Å². The number of aromatic nitrogens is 1. The third-order valence-electron chi connectivity index (χ3n) is 3.07. The molecule has 1 aliphatic rings. The minimum atomic E-state index is -0.0122. The molecule has 4 heteroatoms. The summed E-state index contributed by atoms with van der Waals surface area (Å²) in [5.41, 5.74) is 0.600. The Bertz CT molecular complexity index is 417. The van der Waals surface area contributed by atoms with Crippen molar-refractivity contribution in [3.63, 3.8) is 0 Å². The predicted molar refractivity (Wildman–Crippen MR) is 63.6 cm³/mol. The van der Waals surface area contributed by atoms with E-state index in [1.54, 1.807) is 36.4 Å². The smallest absolute Gasteiger partial charge is 0.255 e. The van der Waals surface area contributed by atoms with Crippen LogP contribution in [0.5, 0.6) is 0 Å². The van der Waals surface area contributed by atoms with Gasteiger partial charge in [-0.05, 0) is 31.9 Å². The van der Waals surface area contributed by atoms with E-state index >= 15 is 0 Å². The van der Waals surface area contributed by atoms with Gasteiger partial charge in [0.25, 0.3) is 5.91 Å². The molecule has 0 spiro atoms. The number of carbonyl (C=O) groups is 2. The van der Waals surface area contributed by atoms with Gasteiger partial charge >= 0.3 is 0 Å². The van der Waals surface area contributed by atoms with Crippen molar-refractivity contribution in [3.05, 3.63) is 30.1 Å². The molecule has 0 bridgehead atoms. The Morgan fingerprint density at radius 1 is 1.53 bits per heavy atom. The molecule has 1 unspecified atom stereocenters. The maximum Gasteiger partial charge on any atom is 0.255 e. The van der Waals surface area contributed by atoms with Crippen LogP contribution in [0, 0.1) is 0 Å². The molecule has 4 nitrogen and oxygen atoms in total. The molecule has 0 saturated carbocycles. The number of likely N-dealkylation sites (tertiary alicyclic amines) is 1. The molecule has 0 aliphatic carbocycles. The lowest BCUT2D eigenvalue weighted by Crippen LogP contribution is -2.36. The molecule has 0 radical (unpaired) electrons. The summed E-state index contributed by atoms with van der Waals surface area (Å²) in [6.45, 7) is 2.32. The van der Waals surface area contributed by atoms with E-state index in [-0.39, 0.29) is 17.7 Å². The lowest BCUT2D eigenvalue weighted by Gasteiger charge is -2.23. The van der Waals surface area contributed by atoms with Crippen LogP contribution in [0.4, 0.5) is 0 Å². The number of hydrogen-bond donors (Lipinski definition) is 0. The maximum atomic E-state index is 12.2. The van der Waals surface area contributed by atoms with Gasteiger partial charge in [0.1, 0.15) is 5.78 Å². The Labute approximate surface area is 101 Å². The molecule has 1 aliphatic heterocycles. The molecule has 90 valence electrons. The third-order valence-corrected chi connectivity index (χ3v) is 3.07. The molecule has 2 heterocycles. The molecule has 1 aromatic rings. The maximum absolute atomic E-state index is 12.2. The monoisotopic (exact) mass is 232 g/mol. The fourth-order valence-corrected chi connectivity index (χ4v) is 2.30. The second kappa shape index (κ2) is 5.08. The SMILES string of the molecule is CC(=O)CC1CCCN1C(=O)c1cccnc1. The van der Waals surface area contributed by atoms with E-state index in [4.69, 9.17) is 0 Å². The standard InChI is InChI=1S/C13H16N2O2/c1-10(16)8-12-5-3-7-15(12)13(17)11-4-2-6-14-9-11/h2,4,6,9,12H,3,5,7-8H2,1H3. The van der Waals surface area contributed by atoms with Crippen LogP contribution in [-0.4, -0.2) is 34.2 Å². The van der Waals surface area contributed by atoms with Gasteiger partial charge in [0.05, 0.1) is 5.56 Å². The molecule has 1 amide bonds. The lowest BCUT2D eigenvalue weighted by molar-refractivity contribution is -0.117. The highest BCUT2D eigenvalue weighted by Gasteiger charge is 2.30. The van der Waals surface area contributed by atoms with E-state index in [1.165, 1.54) is 0 Å². The minimum Gasteiger partial charge on any atom is -0.335 e. The van der Waals surface area contributed by atoms with Crippen LogP contribution in [0.25, 0.3) is 0 Å². The normalized spacial score (nSPS) is 19.4. The highest BCUT2D eigenvalue weighted by molar-refractivity contribution is 5.94. The van der Waals surface area contributed by atoms with Crippen molar-refractivity contribution in [3.8, 4) is 0 Å². The molecule has 1 fully saturated rings. The Hall–Kier alpha value is -1.71. The summed E-state index contributed by atoms with van der Waals surface area (Å²) in [6.07, 6.45) is 5.58. The zero-order valence-electron chi connectivity index (χ0n) is 9.93. The summed E-state index contributed by atoms with van der Waals surface area (Å²) in [5, 5.41) is 0. The summed E-state index contributed by atoms with van der Waals surface area (Å²) >= 11 is 0. The highest BCUT2D eigenvalue weighted by Crippen LogP contribution is 2.22. The average Bonchev–Trinajstić information content (AvgIpc) is 2.76. The molecule has 17 heavy (non-hydrogen) atoms. The first kappa shape index (κ1) is 11.8. The predicted octanol–water partition coefficient (Wildman–Crippen LogP) is 1.67. The molecular formula is C13H16N2O2. The van der Waals surface area contributed by atoms with Crippen LogP contribution in [0.3, 0.4) is 0 Å². The van der Waals surface area contributed by atoms with Gasteiger partial charge in [0.15, 0.2) is 0 Å². The first-order chi connectivity index (χ1) is 8.18. The Morgan fingerprint density at radius 3 is 3.00 bits per heavy atom. The van der Waals surface area contributed by atoms with Crippen LogP contribution < -0.4 is 0 Å². The molecule has 1 aromatic heterocycles. The fraction of sp³-hybridized carbons (Fsp3) is 0.462. The van der Waals surface area contributed by atoms with E-state index in [1.807, 2.05) is 0 Å². The molecular weight excluding hydrogens is 216 g/mol. The molecule has 2 rings (SSSR count). The van der Waals surface area contributed by atoms with Crippen molar-refractivity contribution in [2.24, 2.45) is 0 Å². The van der Waals surface area contributed by atoms with Crippen molar-refractivity contribution in [1.29, 1.82) is 0 Å². The van der Waals surface area contributed by atoms with E-state index in [0.717, 1.165) is 19.4 Å². The number of carbonyl (C=O) groups excluding carboxylic acids is 2. The van der Waals surface area contributed by atoms with Crippen molar-refractivity contribution >= 4 is 11.7 Å². The van der Waals surface area contributed by atoms with Crippen LogP contribution in [-0.2, 0) is 4.79 Å². The third kappa shape index (κ3) is 2.70. The zero-order valence-corrected chi connectivity index (χ0v) is 9.93. The van der Waals surface area contributed by atoms with Crippen LogP contribution in [0.2, 0.25) is 0 Å². The van der Waals surface area contributed by atoms with Crippen molar-refractivity contribution in [2.45, 2.75) is 32.2 Å².